The van der Waals surface area contributed by atoms with E-state index in [0.717, 1.165) is 5.69 Å². The van der Waals surface area contributed by atoms with Gasteiger partial charge in [-0.25, -0.2) is 4.79 Å². The minimum Gasteiger partial charge on any atom is -0.462 e. The highest BCUT2D eigenvalue weighted by atomic mass is 19.4. The van der Waals surface area contributed by atoms with Crippen LogP contribution in [0.25, 0.3) is 6.08 Å². The molecular formula is C22H20F3N3O3. The number of ether oxygens (including phenoxy) is 1. The molecule has 0 unspecified atom stereocenters. The van der Waals surface area contributed by atoms with Crippen molar-refractivity contribution in [1.82, 2.24) is 0 Å². The minimum atomic E-state index is -4.81. The SMILES string of the molecule is CCOC(=O)c1ccc(N2N=C(C(F)(F)F)/C(=C/c3ccc(N(C)C)cc3)C2=O)cc1. The predicted octanol–water partition coefficient (Wildman–Crippen LogP) is 4.28. The second-order valence-corrected chi connectivity index (χ2v) is 6.87. The van der Waals surface area contributed by atoms with E-state index in [9.17, 15) is 22.8 Å². The largest absolute Gasteiger partial charge is 0.462 e. The fourth-order valence-corrected chi connectivity index (χ4v) is 2.92. The zero-order valence-corrected chi connectivity index (χ0v) is 17.1. The normalized spacial score (nSPS) is 15.3. The fraction of sp³-hybridized carbons (Fsp3) is 0.227. The number of hydrogen-bond donors (Lipinski definition) is 0. The van der Waals surface area contributed by atoms with Gasteiger partial charge < -0.3 is 9.64 Å². The van der Waals surface area contributed by atoms with Gasteiger partial charge in [-0.1, -0.05) is 12.1 Å². The third kappa shape index (κ3) is 4.76. The zero-order chi connectivity index (χ0) is 22.8. The van der Waals surface area contributed by atoms with Gasteiger partial charge in [0.1, 0.15) is 0 Å². The average molecular weight is 431 g/mol. The number of alkyl halides is 3. The topological polar surface area (TPSA) is 62.2 Å². The van der Waals surface area contributed by atoms with Crippen LogP contribution in [0.5, 0.6) is 0 Å². The van der Waals surface area contributed by atoms with Gasteiger partial charge in [-0.2, -0.15) is 23.3 Å². The third-order valence-electron chi connectivity index (χ3n) is 4.49. The number of hydrazone groups is 1. The van der Waals surface area contributed by atoms with E-state index in [4.69, 9.17) is 4.74 Å². The molecule has 6 nitrogen and oxygen atoms in total. The first-order valence-corrected chi connectivity index (χ1v) is 9.38. The Hall–Kier alpha value is -3.62. The molecule has 0 fully saturated rings. The molecule has 0 aromatic heterocycles. The summed E-state index contributed by atoms with van der Waals surface area (Å²) in [5, 5.41) is 4.21. The highest BCUT2D eigenvalue weighted by molar-refractivity contribution is 6.34. The molecule has 9 heteroatoms. The van der Waals surface area contributed by atoms with Gasteiger partial charge >= 0.3 is 12.1 Å². The van der Waals surface area contributed by atoms with Crippen LogP contribution in [0, 0.1) is 0 Å². The predicted molar refractivity (Wildman–Crippen MR) is 112 cm³/mol. The highest BCUT2D eigenvalue weighted by Crippen LogP contribution is 2.33. The molecule has 0 saturated carbocycles. The molecule has 3 rings (SSSR count). The van der Waals surface area contributed by atoms with E-state index in [-0.39, 0.29) is 17.9 Å². The lowest BCUT2D eigenvalue weighted by atomic mass is 10.1. The van der Waals surface area contributed by atoms with E-state index < -0.39 is 29.3 Å². The zero-order valence-electron chi connectivity index (χ0n) is 17.1. The van der Waals surface area contributed by atoms with Gasteiger partial charge in [0.25, 0.3) is 5.91 Å². The first kappa shape index (κ1) is 22.1. The van der Waals surface area contributed by atoms with Gasteiger partial charge in [-0.05, 0) is 55.0 Å². The minimum absolute atomic E-state index is 0.103. The molecular weight excluding hydrogens is 411 g/mol. The maximum atomic E-state index is 13.6. The first-order chi connectivity index (χ1) is 14.6. The second kappa shape index (κ2) is 8.63. The van der Waals surface area contributed by atoms with Crippen LogP contribution < -0.4 is 9.91 Å². The van der Waals surface area contributed by atoms with Crippen LogP contribution in [-0.2, 0) is 9.53 Å². The maximum absolute atomic E-state index is 13.6. The number of anilines is 2. The van der Waals surface area contributed by atoms with Gasteiger partial charge in [0.05, 0.1) is 23.4 Å². The van der Waals surface area contributed by atoms with Crippen molar-refractivity contribution in [2.75, 3.05) is 30.6 Å². The number of benzene rings is 2. The summed E-state index contributed by atoms with van der Waals surface area (Å²) in [5.41, 5.74) is -0.207. The second-order valence-electron chi connectivity index (χ2n) is 6.87. The van der Waals surface area contributed by atoms with Crippen LogP contribution in [-0.4, -0.2) is 44.5 Å². The van der Waals surface area contributed by atoms with Crippen molar-refractivity contribution < 1.29 is 27.5 Å². The molecule has 162 valence electrons. The molecule has 0 radical (unpaired) electrons. The Morgan fingerprint density at radius 2 is 1.71 bits per heavy atom. The number of hydrogen-bond acceptors (Lipinski definition) is 5. The van der Waals surface area contributed by atoms with Crippen molar-refractivity contribution in [2.24, 2.45) is 5.10 Å². The lowest BCUT2D eigenvalue weighted by Gasteiger charge is -2.13. The van der Waals surface area contributed by atoms with Gasteiger partial charge in [0, 0.05) is 19.8 Å². The molecule has 0 spiro atoms. The number of nitrogens with zero attached hydrogens (tertiary/aromatic N) is 3. The lowest BCUT2D eigenvalue weighted by molar-refractivity contribution is -0.114. The van der Waals surface area contributed by atoms with Crippen LogP contribution in [0.4, 0.5) is 24.5 Å². The van der Waals surface area contributed by atoms with Crippen LogP contribution >= 0.6 is 0 Å². The molecule has 0 N–H and O–H groups in total. The summed E-state index contributed by atoms with van der Waals surface area (Å²) < 4.78 is 45.6. The first-order valence-electron chi connectivity index (χ1n) is 9.38. The number of rotatable bonds is 5. The lowest BCUT2D eigenvalue weighted by Crippen LogP contribution is -2.25. The highest BCUT2D eigenvalue weighted by Gasteiger charge is 2.46. The molecule has 1 aliphatic rings. The van der Waals surface area contributed by atoms with Gasteiger partial charge in [-0.3, -0.25) is 4.79 Å². The third-order valence-corrected chi connectivity index (χ3v) is 4.49. The summed E-state index contributed by atoms with van der Waals surface area (Å²) in [6, 6.07) is 12.1. The average Bonchev–Trinajstić information content (AvgIpc) is 3.05. The quantitative estimate of drug-likeness (QED) is 0.524. The number of amides is 1. The van der Waals surface area contributed by atoms with E-state index in [1.54, 1.807) is 31.2 Å². The van der Waals surface area contributed by atoms with Crippen LogP contribution in [0.15, 0.2) is 59.2 Å². The summed E-state index contributed by atoms with van der Waals surface area (Å²) in [7, 11) is 3.68. The summed E-state index contributed by atoms with van der Waals surface area (Å²) >= 11 is 0. The van der Waals surface area contributed by atoms with Crippen molar-refractivity contribution in [1.29, 1.82) is 0 Å². The van der Waals surface area contributed by atoms with E-state index in [1.165, 1.54) is 30.3 Å². The molecule has 1 heterocycles. The summed E-state index contributed by atoms with van der Waals surface area (Å²) in [6.07, 6.45) is -3.65. The molecule has 0 aliphatic carbocycles. The van der Waals surface area contributed by atoms with Gasteiger partial charge in [0.15, 0.2) is 5.71 Å². The molecule has 2 aromatic rings. The van der Waals surface area contributed by atoms with E-state index >= 15 is 0 Å². The van der Waals surface area contributed by atoms with Gasteiger partial charge in [-0.15, -0.1) is 0 Å². The summed E-state index contributed by atoms with van der Waals surface area (Å²) in [4.78, 5) is 26.4. The Bertz CT molecular complexity index is 1040. The summed E-state index contributed by atoms with van der Waals surface area (Å²) in [6.45, 7) is 1.85. The van der Waals surface area contributed by atoms with Crippen LogP contribution in [0.2, 0.25) is 0 Å². The molecule has 2 aromatic carbocycles. The van der Waals surface area contributed by atoms with Gasteiger partial charge in [0.2, 0.25) is 0 Å². The Morgan fingerprint density at radius 3 is 2.23 bits per heavy atom. The van der Waals surface area contributed by atoms with Crippen molar-refractivity contribution in [2.45, 2.75) is 13.1 Å². The van der Waals surface area contributed by atoms with E-state index in [2.05, 4.69) is 5.10 Å². The number of carbonyl (C=O) groups is 2. The number of carbonyl (C=O) groups excluding carboxylic acids is 2. The Balaban J connectivity index is 1.95. The number of esters is 1. The van der Waals surface area contributed by atoms with Crippen molar-refractivity contribution in [3.8, 4) is 0 Å². The Morgan fingerprint density at radius 1 is 1.10 bits per heavy atom. The van der Waals surface area contributed by atoms with E-state index in [0.29, 0.717) is 10.6 Å². The number of halogens is 3. The monoisotopic (exact) mass is 431 g/mol. The molecule has 0 bridgehead atoms. The molecule has 31 heavy (non-hydrogen) atoms. The Labute approximate surface area is 177 Å². The van der Waals surface area contributed by atoms with Crippen molar-refractivity contribution in [3.63, 3.8) is 0 Å². The standard InChI is InChI=1S/C22H20F3N3O3/c1-4-31-21(30)15-7-11-17(12-8-15)28-20(29)18(19(26-28)22(23,24)25)13-14-5-9-16(10-6-14)27(2)3/h5-13H,4H2,1-3H3/b18-13-. The van der Waals surface area contributed by atoms with E-state index in [1.807, 2.05) is 19.0 Å². The molecule has 1 aliphatic heterocycles. The molecule has 1 amide bonds. The van der Waals surface area contributed by atoms with Crippen LogP contribution in [0.3, 0.4) is 0 Å². The smallest absolute Gasteiger partial charge is 0.435 e. The van der Waals surface area contributed by atoms with Crippen molar-refractivity contribution in [3.05, 3.63) is 65.2 Å². The van der Waals surface area contributed by atoms with Crippen molar-refractivity contribution >= 4 is 35.0 Å². The molecule has 0 atom stereocenters. The fourth-order valence-electron chi connectivity index (χ4n) is 2.92. The summed E-state index contributed by atoms with van der Waals surface area (Å²) in [5.74, 6) is -1.48. The Kier molecular flexibility index (Phi) is 6.14. The van der Waals surface area contributed by atoms with Crippen LogP contribution in [0.1, 0.15) is 22.8 Å². The molecule has 0 saturated heterocycles. The maximum Gasteiger partial charge on any atom is 0.435 e.